The summed E-state index contributed by atoms with van der Waals surface area (Å²) in [6.45, 7) is 2.59. The zero-order valence-corrected chi connectivity index (χ0v) is 10.9. The van der Waals surface area contributed by atoms with E-state index in [-0.39, 0.29) is 24.4 Å². The van der Waals surface area contributed by atoms with Gasteiger partial charge in [0, 0.05) is 25.7 Å². The third-order valence-corrected chi connectivity index (χ3v) is 5.08. The Morgan fingerprint density at radius 2 is 2.12 bits per heavy atom. The van der Waals surface area contributed by atoms with Gasteiger partial charge < -0.3 is 10.5 Å². The topological polar surface area (TPSA) is 72.6 Å². The van der Waals surface area contributed by atoms with Gasteiger partial charge in [-0.05, 0) is 19.8 Å². The number of rotatable bonds is 5. The molecular weight excluding hydrogens is 228 g/mol. The van der Waals surface area contributed by atoms with Crippen molar-refractivity contribution >= 4 is 10.0 Å². The maximum atomic E-state index is 12.1. The highest BCUT2D eigenvalue weighted by Crippen LogP contribution is 2.25. The molecule has 1 aliphatic heterocycles. The molecule has 2 atom stereocenters. The van der Waals surface area contributed by atoms with Crippen molar-refractivity contribution in [3.05, 3.63) is 0 Å². The van der Waals surface area contributed by atoms with Crippen LogP contribution in [0.5, 0.6) is 0 Å². The predicted octanol–water partition coefficient (Wildman–Crippen LogP) is 0.164. The second-order valence-electron chi connectivity index (χ2n) is 4.31. The summed E-state index contributed by atoms with van der Waals surface area (Å²) in [5, 5.41) is 0. The molecule has 6 heteroatoms. The second kappa shape index (κ2) is 5.95. The molecule has 1 saturated heterocycles. The van der Waals surface area contributed by atoms with Crippen LogP contribution in [-0.2, 0) is 14.8 Å². The molecule has 0 bridgehead atoms. The monoisotopic (exact) mass is 250 g/mol. The van der Waals surface area contributed by atoms with Gasteiger partial charge in [0.15, 0.2) is 0 Å². The zero-order valence-electron chi connectivity index (χ0n) is 10.1. The fraction of sp³-hybridized carbons (Fsp3) is 1.00. The van der Waals surface area contributed by atoms with E-state index in [4.69, 9.17) is 10.5 Å². The van der Waals surface area contributed by atoms with E-state index < -0.39 is 10.0 Å². The molecule has 0 radical (unpaired) electrons. The summed E-state index contributed by atoms with van der Waals surface area (Å²) in [6.07, 6.45) is 2.84. The van der Waals surface area contributed by atoms with Crippen LogP contribution in [0.15, 0.2) is 0 Å². The third kappa shape index (κ3) is 3.16. The molecule has 16 heavy (non-hydrogen) atoms. The van der Waals surface area contributed by atoms with Gasteiger partial charge >= 0.3 is 0 Å². The first-order chi connectivity index (χ1) is 7.53. The quantitative estimate of drug-likeness (QED) is 0.754. The fourth-order valence-electron chi connectivity index (χ4n) is 2.28. The molecule has 5 nitrogen and oxygen atoms in total. The van der Waals surface area contributed by atoms with Crippen molar-refractivity contribution in [2.75, 3.05) is 26.0 Å². The molecule has 2 N–H and O–H groups in total. The van der Waals surface area contributed by atoms with Gasteiger partial charge in [0.25, 0.3) is 0 Å². The van der Waals surface area contributed by atoms with Crippen LogP contribution in [0.2, 0.25) is 0 Å². The lowest BCUT2D eigenvalue weighted by Crippen LogP contribution is -2.52. The van der Waals surface area contributed by atoms with E-state index in [0.29, 0.717) is 6.54 Å². The lowest BCUT2D eigenvalue weighted by Gasteiger charge is -2.38. The van der Waals surface area contributed by atoms with E-state index in [0.717, 1.165) is 19.3 Å². The summed E-state index contributed by atoms with van der Waals surface area (Å²) in [6, 6.07) is 0.0229. The van der Waals surface area contributed by atoms with Gasteiger partial charge in [0.2, 0.25) is 10.0 Å². The Hall–Kier alpha value is -0.170. The van der Waals surface area contributed by atoms with Gasteiger partial charge in [-0.25, -0.2) is 8.42 Å². The molecule has 0 aromatic heterocycles. The highest BCUT2D eigenvalue weighted by Gasteiger charge is 2.35. The van der Waals surface area contributed by atoms with Crippen LogP contribution in [0.4, 0.5) is 0 Å². The van der Waals surface area contributed by atoms with Crippen LogP contribution in [0.1, 0.15) is 26.2 Å². The molecule has 1 aliphatic rings. The first kappa shape index (κ1) is 13.9. The zero-order chi connectivity index (χ0) is 12.2. The molecule has 1 rings (SSSR count). The van der Waals surface area contributed by atoms with Gasteiger partial charge in [0.1, 0.15) is 0 Å². The van der Waals surface area contributed by atoms with Crippen molar-refractivity contribution < 1.29 is 13.2 Å². The number of methoxy groups -OCH3 is 1. The Morgan fingerprint density at radius 3 is 2.69 bits per heavy atom. The molecule has 1 fully saturated rings. The van der Waals surface area contributed by atoms with Crippen molar-refractivity contribution in [3.63, 3.8) is 0 Å². The molecule has 2 unspecified atom stereocenters. The van der Waals surface area contributed by atoms with Gasteiger partial charge in [-0.15, -0.1) is 0 Å². The highest BCUT2D eigenvalue weighted by atomic mass is 32.2. The number of nitrogens with two attached hydrogens (primary N) is 1. The highest BCUT2D eigenvalue weighted by molar-refractivity contribution is 7.89. The smallest absolute Gasteiger partial charge is 0.216 e. The number of nitrogens with zero attached hydrogens (tertiary/aromatic N) is 1. The number of hydrogen-bond donors (Lipinski definition) is 1. The van der Waals surface area contributed by atoms with E-state index in [1.807, 2.05) is 6.92 Å². The normalized spacial score (nSPS) is 28.2. The minimum absolute atomic E-state index is 0.0365. The molecule has 0 aromatic rings. The van der Waals surface area contributed by atoms with E-state index >= 15 is 0 Å². The van der Waals surface area contributed by atoms with Crippen molar-refractivity contribution in [2.24, 2.45) is 5.73 Å². The second-order valence-corrected chi connectivity index (χ2v) is 6.30. The number of sulfonamides is 1. The first-order valence-electron chi connectivity index (χ1n) is 5.73. The maximum Gasteiger partial charge on any atom is 0.216 e. The number of hydrogen-bond acceptors (Lipinski definition) is 4. The Labute approximate surface area is 98.0 Å². The molecule has 0 saturated carbocycles. The average molecular weight is 250 g/mol. The summed E-state index contributed by atoms with van der Waals surface area (Å²) in [5.41, 5.74) is 5.64. The average Bonchev–Trinajstić information content (AvgIpc) is 2.25. The molecule has 0 aromatic carbocycles. The van der Waals surface area contributed by atoms with Crippen molar-refractivity contribution in [2.45, 2.75) is 38.3 Å². The molecular formula is C10H22N2O3S. The number of piperidine rings is 1. The van der Waals surface area contributed by atoms with Crippen LogP contribution in [0.3, 0.4) is 0 Å². The Bertz CT molecular complexity index is 305. The van der Waals surface area contributed by atoms with Crippen LogP contribution in [0.25, 0.3) is 0 Å². The van der Waals surface area contributed by atoms with Crippen LogP contribution < -0.4 is 5.73 Å². The Balaban J connectivity index is 2.79. The lowest BCUT2D eigenvalue weighted by molar-refractivity contribution is 0.187. The van der Waals surface area contributed by atoms with Crippen molar-refractivity contribution in [1.82, 2.24) is 4.31 Å². The van der Waals surface area contributed by atoms with Gasteiger partial charge in [-0.3, -0.25) is 0 Å². The minimum atomic E-state index is -3.23. The molecule has 0 aliphatic carbocycles. The molecule has 0 amide bonds. The first-order valence-corrected chi connectivity index (χ1v) is 7.34. The number of ether oxygens (including phenoxy) is 1. The SMILES string of the molecule is COCCS(=O)(=O)N1C(C)CCCC1CN. The van der Waals surface area contributed by atoms with E-state index in [1.54, 1.807) is 4.31 Å². The third-order valence-electron chi connectivity index (χ3n) is 3.09. The van der Waals surface area contributed by atoms with Crippen LogP contribution >= 0.6 is 0 Å². The molecule has 0 spiro atoms. The van der Waals surface area contributed by atoms with Crippen molar-refractivity contribution in [3.8, 4) is 0 Å². The van der Waals surface area contributed by atoms with Gasteiger partial charge in [0.05, 0.1) is 12.4 Å². The molecule has 96 valence electrons. The lowest BCUT2D eigenvalue weighted by atomic mass is 10.00. The maximum absolute atomic E-state index is 12.1. The minimum Gasteiger partial charge on any atom is -0.384 e. The van der Waals surface area contributed by atoms with Gasteiger partial charge in [-0.2, -0.15) is 4.31 Å². The summed E-state index contributed by atoms with van der Waals surface area (Å²) in [7, 11) is -1.72. The van der Waals surface area contributed by atoms with Gasteiger partial charge in [-0.1, -0.05) is 6.42 Å². The van der Waals surface area contributed by atoms with E-state index in [1.165, 1.54) is 7.11 Å². The summed E-state index contributed by atoms with van der Waals surface area (Å²) in [4.78, 5) is 0. The molecule has 1 heterocycles. The Kier molecular flexibility index (Phi) is 5.17. The fourth-order valence-corrected chi connectivity index (χ4v) is 4.17. The summed E-state index contributed by atoms with van der Waals surface area (Å²) >= 11 is 0. The summed E-state index contributed by atoms with van der Waals surface area (Å²) < 4.78 is 30.7. The van der Waals surface area contributed by atoms with E-state index in [9.17, 15) is 8.42 Å². The largest absolute Gasteiger partial charge is 0.384 e. The van der Waals surface area contributed by atoms with Crippen molar-refractivity contribution in [1.29, 1.82) is 0 Å². The standard InChI is InChI=1S/C10H22N2O3S/c1-9-4-3-5-10(8-11)12(9)16(13,14)7-6-15-2/h9-10H,3-8,11H2,1-2H3. The summed E-state index contributed by atoms with van der Waals surface area (Å²) in [5.74, 6) is 0.0460. The van der Waals surface area contributed by atoms with Crippen LogP contribution in [-0.4, -0.2) is 50.8 Å². The Morgan fingerprint density at radius 1 is 1.44 bits per heavy atom. The predicted molar refractivity (Wildman–Crippen MR) is 63.7 cm³/mol. The van der Waals surface area contributed by atoms with Crippen LogP contribution in [0, 0.1) is 0 Å². The van der Waals surface area contributed by atoms with E-state index in [2.05, 4.69) is 0 Å².